The van der Waals surface area contributed by atoms with Crippen molar-refractivity contribution in [3.05, 3.63) is 35.4 Å². The molecule has 0 aliphatic heterocycles. The van der Waals surface area contributed by atoms with E-state index in [1.165, 1.54) is 32.1 Å². The van der Waals surface area contributed by atoms with Crippen LogP contribution in [-0.2, 0) is 0 Å². The van der Waals surface area contributed by atoms with E-state index < -0.39 is 0 Å². The van der Waals surface area contributed by atoms with Crippen molar-refractivity contribution in [2.45, 2.75) is 32.1 Å². The molecule has 0 spiro atoms. The molecule has 2 rings (SSSR count). The second kappa shape index (κ2) is 5.51. The third-order valence-electron chi connectivity index (χ3n) is 3.07. The number of hydrogen-bond acceptors (Lipinski definition) is 1. The molecule has 1 heteroatoms. The van der Waals surface area contributed by atoms with Gasteiger partial charge < -0.3 is 0 Å². The summed E-state index contributed by atoms with van der Waals surface area (Å²) in [6.45, 7) is 0. The summed E-state index contributed by atoms with van der Waals surface area (Å²) in [5.41, 5.74) is 1.72. The van der Waals surface area contributed by atoms with Crippen LogP contribution >= 0.6 is 0 Å². The molecule has 0 N–H and O–H groups in total. The Morgan fingerprint density at radius 2 is 1.75 bits per heavy atom. The minimum absolute atomic E-state index is 0.583. The molecule has 16 heavy (non-hydrogen) atoms. The Hall–Kier alpha value is -1.55. The van der Waals surface area contributed by atoms with E-state index in [-0.39, 0.29) is 0 Å². The summed E-state index contributed by atoms with van der Waals surface area (Å²) in [5.74, 6) is 7.12. The summed E-state index contributed by atoms with van der Waals surface area (Å²) in [4.78, 5) is 10.5. The van der Waals surface area contributed by atoms with E-state index in [1.807, 2.05) is 24.3 Å². The Morgan fingerprint density at radius 3 is 2.38 bits per heavy atom. The van der Waals surface area contributed by atoms with Crippen molar-refractivity contribution in [2.75, 3.05) is 0 Å². The maximum Gasteiger partial charge on any atom is 0.150 e. The largest absolute Gasteiger partial charge is 0.298 e. The van der Waals surface area contributed by atoms with Crippen LogP contribution in [-0.4, -0.2) is 6.29 Å². The minimum Gasteiger partial charge on any atom is -0.298 e. The molecule has 0 heterocycles. The first-order valence-corrected chi connectivity index (χ1v) is 5.95. The second-order valence-corrected chi connectivity index (χ2v) is 4.34. The van der Waals surface area contributed by atoms with E-state index in [1.54, 1.807) is 0 Å². The third kappa shape index (κ3) is 2.97. The van der Waals surface area contributed by atoms with E-state index in [4.69, 9.17) is 0 Å². The lowest BCUT2D eigenvalue weighted by Gasteiger charge is -2.15. The lowest BCUT2D eigenvalue weighted by molar-refractivity contribution is 0.112. The van der Waals surface area contributed by atoms with Crippen LogP contribution in [0.1, 0.15) is 48.0 Å². The van der Waals surface area contributed by atoms with Crippen LogP contribution in [0.25, 0.3) is 0 Å². The fourth-order valence-corrected chi connectivity index (χ4v) is 2.08. The molecular weight excluding hydrogens is 196 g/mol. The zero-order valence-electron chi connectivity index (χ0n) is 9.41. The molecule has 0 unspecified atom stereocenters. The molecule has 1 aromatic rings. The smallest absolute Gasteiger partial charge is 0.150 e. The summed E-state index contributed by atoms with van der Waals surface area (Å²) in [5, 5.41) is 0. The molecule has 82 valence electrons. The number of hydrogen-bond donors (Lipinski definition) is 0. The highest BCUT2D eigenvalue weighted by Gasteiger charge is 2.09. The van der Waals surface area contributed by atoms with Gasteiger partial charge in [0.25, 0.3) is 0 Å². The maximum absolute atomic E-state index is 10.5. The molecule has 0 atom stereocenters. The normalized spacial score (nSPS) is 16.2. The van der Waals surface area contributed by atoms with E-state index in [0.717, 1.165) is 11.8 Å². The van der Waals surface area contributed by atoms with Gasteiger partial charge in [0.1, 0.15) is 6.29 Å². The summed E-state index contributed by atoms with van der Waals surface area (Å²) >= 11 is 0. The first kappa shape index (κ1) is 11.0. The molecule has 0 saturated heterocycles. The highest BCUT2D eigenvalue weighted by Crippen LogP contribution is 2.22. The predicted molar refractivity (Wildman–Crippen MR) is 65.3 cm³/mol. The fourth-order valence-electron chi connectivity index (χ4n) is 2.08. The van der Waals surface area contributed by atoms with Crippen LogP contribution in [0.2, 0.25) is 0 Å². The van der Waals surface area contributed by atoms with Gasteiger partial charge in [-0.15, -0.1) is 0 Å². The second-order valence-electron chi connectivity index (χ2n) is 4.34. The van der Waals surface area contributed by atoms with Crippen molar-refractivity contribution in [1.29, 1.82) is 0 Å². The molecule has 0 bridgehead atoms. The highest BCUT2D eigenvalue weighted by atomic mass is 16.1. The van der Waals surface area contributed by atoms with Gasteiger partial charge in [0, 0.05) is 17.0 Å². The van der Waals surface area contributed by atoms with Crippen LogP contribution in [0.3, 0.4) is 0 Å². The molecule has 0 amide bonds. The predicted octanol–water partition coefficient (Wildman–Crippen LogP) is 3.43. The number of benzene rings is 1. The first-order chi connectivity index (χ1) is 7.88. The van der Waals surface area contributed by atoms with Gasteiger partial charge in [0.2, 0.25) is 0 Å². The molecule has 1 aliphatic carbocycles. The Balaban J connectivity index is 2.01. The van der Waals surface area contributed by atoms with Gasteiger partial charge in [0.15, 0.2) is 0 Å². The molecule has 1 fully saturated rings. The van der Waals surface area contributed by atoms with Crippen molar-refractivity contribution in [3.63, 3.8) is 0 Å². The van der Waals surface area contributed by atoms with E-state index in [2.05, 4.69) is 11.8 Å². The summed E-state index contributed by atoms with van der Waals surface area (Å²) in [6, 6.07) is 7.47. The van der Waals surface area contributed by atoms with Crippen molar-refractivity contribution < 1.29 is 4.79 Å². The van der Waals surface area contributed by atoms with Gasteiger partial charge in [-0.25, -0.2) is 0 Å². The third-order valence-corrected chi connectivity index (χ3v) is 3.07. The topological polar surface area (TPSA) is 17.1 Å². The Morgan fingerprint density at radius 1 is 1.06 bits per heavy atom. The van der Waals surface area contributed by atoms with Crippen LogP contribution in [0.5, 0.6) is 0 Å². The van der Waals surface area contributed by atoms with Gasteiger partial charge in [-0.05, 0) is 25.0 Å². The quantitative estimate of drug-likeness (QED) is 0.515. The number of aldehydes is 1. The summed E-state index contributed by atoms with van der Waals surface area (Å²) in [7, 11) is 0. The standard InChI is InChI=1S/C15H16O/c16-12-15-10-8-14(9-11-15)7-6-13-4-2-1-3-5-13/h8-13H,1-5H2. The zero-order chi connectivity index (χ0) is 11.2. The number of carbonyl (C=O) groups excluding carboxylic acids is 1. The monoisotopic (exact) mass is 212 g/mol. The molecular formula is C15H16O. The number of rotatable bonds is 1. The van der Waals surface area contributed by atoms with Crippen molar-refractivity contribution in [2.24, 2.45) is 5.92 Å². The van der Waals surface area contributed by atoms with Crippen LogP contribution < -0.4 is 0 Å². The Labute approximate surface area is 96.9 Å². The fraction of sp³-hybridized carbons (Fsp3) is 0.400. The van der Waals surface area contributed by atoms with Gasteiger partial charge in [-0.1, -0.05) is 43.2 Å². The molecule has 1 aromatic carbocycles. The lowest BCUT2D eigenvalue weighted by atomic mass is 9.89. The summed E-state index contributed by atoms with van der Waals surface area (Å²) < 4.78 is 0. The van der Waals surface area contributed by atoms with Gasteiger partial charge >= 0.3 is 0 Å². The average molecular weight is 212 g/mol. The van der Waals surface area contributed by atoms with Gasteiger partial charge in [-0.3, -0.25) is 4.79 Å². The van der Waals surface area contributed by atoms with Crippen molar-refractivity contribution >= 4 is 6.29 Å². The molecule has 1 nitrogen and oxygen atoms in total. The van der Waals surface area contributed by atoms with Gasteiger partial charge in [-0.2, -0.15) is 0 Å². The van der Waals surface area contributed by atoms with E-state index in [0.29, 0.717) is 11.5 Å². The zero-order valence-corrected chi connectivity index (χ0v) is 9.41. The van der Waals surface area contributed by atoms with Crippen LogP contribution in [0, 0.1) is 17.8 Å². The first-order valence-electron chi connectivity index (χ1n) is 5.95. The van der Waals surface area contributed by atoms with Crippen LogP contribution in [0.4, 0.5) is 0 Å². The minimum atomic E-state index is 0.583. The average Bonchev–Trinajstić information content (AvgIpc) is 2.38. The SMILES string of the molecule is O=Cc1ccc(C#CC2CCCCC2)cc1. The summed E-state index contributed by atoms with van der Waals surface area (Å²) in [6.07, 6.45) is 7.37. The molecule has 1 saturated carbocycles. The number of carbonyl (C=O) groups is 1. The van der Waals surface area contributed by atoms with E-state index in [9.17, 15) is 4.79 Å². The van der Waals surface area contributed by atoms with E-state index >= 15 is 0 Å². The van der Waals surface area contributed by atoms with Gasteiger partial charge in [0.05, 0.1) is 0 Å². The van der Waals surface area contributed by atoms with Crippen LogP contribution in [0.15, 0.2) is 24.3 Å². The molecule has 0 aromatic heterocycles. The van der Waals surface area contributed by atoms with Crippen molar-refractivity contribution in [3.8, 4) is 11.8 Å². The molecule has 0 radical (unpaired) electrons. The highest BCUT2D eigenvalue weighted by molar-refractivity contribution is 5.74. The maximum atomic E-state index is 10.5. The Kier molecular flexibility index (Phi) is 3.77. The molecule has 1 aliphatic rings. The van der Waals surface area contributed by atoms with Crippen molar-refractivity contribution in [1.82, 2.24) is 0 Å². The Bertz CT molecular complexity index is 399. The lowest BCUT2D eigenvalue weighted by Crippen LogP contribution is -2.02.